The number of hydrogen-bond acceptors (Lipinski definition) is 4. The molecule has 0 radical (unpaired) electrons. The third-order valence-electron chi connectivity index (χ3n) is 3.82. The minimum Gasteiger partial charge on any atom is -0.322 e. The van der Waals surface area contributed by atoms with E-state index in [9.17, 15) is 18.4 Å². The summed E-state index contributed by atoms with van der Waals surface area (Å²) < 4.78 is 29.2. The van der Waals surface area contributed by atoms with Gasteiger partial charge in [0, 0.05) is 5.39 Å². The minimum absolute atomic E-state index is 0.00324. The fraction of sp³-hybridized carbons (Fsp3) is 0.0588. The Morgan fingerprint density at radius 3 is 2.77 bits per heavy atom. The molecule has 0 aliphatic carbocycles. The molecule has 26 heavy (non-hydrogen) atoms. The predicted octanol–water partition coefficient (Wildman–Crippen LogP) is 1.96. The van der Waals surface area contributed by atoms with Gasteiger partial charge in [-0.3, -0.25) is 4.79 Å². The largest absolute Gasteiger partial charge is 0.352 e. The summed E-state index contributed by atoms with van der Waals surface area (Å²) in [6.45, 7) is -0.425. The van der Waals surface area contributed by atoms with E-state index in [1.807, 2.05) is 0 Å². The zero-order valence-electron chi connectivity index (χ0n) is 13.2. The van der Waals surface area contributed by atoms with E-state index >= 15 is 0 Å². The Morgan fingerprint density at radius 2 is 1.96 bits per heavy atom. The average Bonchev–Trinajstić information content (AvgIpc) is 2.93. The number of anilines is 1. The topological polar surface area (TPSA) is 81.3 Å². The maximum atomic E-state index is 13.6. The number of benzene rings is 2. The van der Waals surface area contributed by atoms with Crippen LogP contribution in [0.2, 0.25) is 0 Å². The lowest BCUT2D eigenvalue weighted by atomic mass is 10.2. The number of hydrogen-bond donors (Lipinski definition) is 1. The highest BCUT2D eigenvalue weighted by Crippen LogP contribution is 2.17. The van der Waals surface area contributed by atoms with Crippen LogP contribution in [0.5, 0.6) is 0 Å². The van der Waals surface area contributed by atoms with Crippen molar-refractivity contribution in [3.05, 3.63) is 70.9 Å². The minimum atomic E-state index is -0.621. The van der Waals surface area contributed by atoms with Gasteiger partial charge in [0.2, 0.25) is 5.91 Å². The molecule has 0 saturated heterocycles. The molecule has 0 aliphatic heterocycles. The fourth-order valence-electron chi connectivity index (χ4n) is 2.62. The van der Waals surface area contributed by atoms with Gasteiger partial charge in [-0.05, 0) is 30.3 Å². The Labute approximate surface area is 144 Å². The number of carbonyl (C=O) groups is 1. The SMILES string of the molecule is O=C(Cn1nc2c3cc(F)ccc3ncn2c1=O)Nc1ccccc1F. The fourth-order valence-corrected chi connectivity index (χ4v) is 2.62. The summed E-state index contributed by atoms with van der Waals surface area (Å²) in [6, 6.07) is 9.62. The Balaban J connectivity index is 1.71. The molecule has 4 rings (SSSR count). The second-order valence-electron chi connectivity index (χ2n) is 5.57. The molecule has 0 atom stereocenters. The van der Waals surface area contributed by atoms with E-state index in [2.05, 4.69) is 15.4 Å². The molecular weight excluding hydrogens is 344 g/mol. The second-order valence-corrected chi connectivity index (χ2v) is 5.57. The molecular formula is C17H11F2N5O2. The molecule has 1 amide bonds. The van der Waals surface area contributed by atoms with Crippen LogP contribution in [0.25, 0.3) is 16.6 Å². The van der Waals surface area contributed by atoms with Gasteiger partial charge in [-0.1, -0.05) is 12.1 Å². The third-order valence-corrected chi connectivity index (χ3v) is 3.82. The smallest absolute Gasteiger partial charge is 0.322 e. The number of nitrogens with one attached hydrogen (secondary N) is 1. The molecule has 1 N–H and O–H groups in total. The van der Waals surface area contributed by atoms with Gasteiger partial charge in [0.15, 0.2) is 5.65 Å². The van der Waals surface area contributed by atoms with E-state index in [4.69, 9.17) is 0 Å². The lowest BCUT2D eigenvalue weighted by Gasteiger charge is -2.05. The first-order chi connectivity index (χ1) is 12.5. The Kier molecular flexibility index (Phi) is 3.68. The van der Waals surface area contributed by atoms with Gasteiger partial charge in [0.1, 0.15) is 24.5 Å². The van der Waals surface area contributed by atoms with Crippen molar-refractivity contribution < 1.29 is 13.6 Å². The summed E-state index contributed by atoms with van der Waals surface area (Å²) >= 11 is 0. The summed E-state index contributed by atoms with van der Waals surface area (Å²) in [5, 5.41) is 6.81. The molecule has 0 aliphatic rings. The van der Waals surface area contributed by atoms with Crippen LogP contribution in [0, 0.1) is 11.6 Å². The van der Waals surface area contributed by atoms with Gasteiger partial charge in [-0.25, -0.2) is 27.6 Å². The first-order valence-corrected chi connectivity index (χ1v) is 7.61. The van der Waals surface area contributed by atoms with Gasteiger partial charge in [-0.2, -0.15) is 0 Å². The van der Waals surface area contributed by atoms with E-state index in [0.29, 0.717) is 10.9 Å². The van der Waals surface area contributed by atoms with Gasteiger partial charge in [-0.15, -0.1) is 5.10 Å². The van der Waals surface area contributed by atoms with Crippen LogP contribution in [0.4, 0.5) is 14.5 Å². The molecule has 7 nitrogen and oxygen atoms in total. The van der Waals surface area contributed by atoms with Crippen LogP contribution in [-0.2, 0) is 11.3 Å². The molecule has 9 heteroatoms. The summed E-state index contributed by atoms with van der Waals surface area (Å²) in [7, 11) is 0. The van der Waals surface area contributed by atoms with E-state index < -0.39 is 29.8 Å². The van der Waals surface area contributed by atoms with Crippen molar-refractivity contribution in [1.29, 1.82) is 0 Å². The summed E-state index contributed by atoms with van der Waals surface area (Å²) in [5.41, 5.74) is 0.0379. The molecule has 2 heterocycles. The summed E-state index contributed by atoms with van der Waals surface area (Å²) in [4.78, 5) is 28.6. The molecule has 4 aromatic rings. The van der Waals surface area contributed by atoms with Crippen LogP contribution < -0.4 is 11.0 Å². The number of fused-ring (bicyclic) bond motifs is 3. The molecule has 0 bridgehead atoms. The highest BCUT2D eigenvalue weighted by atomic mass is 19.1. The highest BCUT2D eigenvalue weighted by molar-refractivity contribution is 5.92. The van der Waals surface area contributed by atoms with Crippen LogP contribution in [0.3, 0.4) is 0 Å². The molecule has 2 aromatic heterocycles. The van der Waals surface area contributed by atoms with Gasteiger partial charge < -0.3 is 5.32 Å². The van der Waals surface area contributed by atoms with Crippen LogP contribution in [0.1, 0.15) is 0 Å². The van der Waals surface area contributed by atoms with Crippen molar-refractivity contribution in [1.82, 2.24) is 19.2 Å². The monoisotopic (exact) mass is 355 g/mol. The average molecular weight is 355 g/mol. The summed E-state index contributed by atoms with van der Waals surface area (Å²) in [6.07, 6.45) is 1.26. The number of nitrogens with zero attached hydrogens (tertiary/aromatic N) is 4. The first-order valence-electron chi connectivity index (χ1n) is 7.61. The molecule has 0 fully saturated rings. The number of para-hydroxylation sites is 1. The van der Waals surface area contributed by atoms with Crippen molar-refractivity contribution in [3.63, 3.8) is 0 Å². The first kappa shape index (κ1) is 15.9. The lowest BCUT2D eigenvalue weighted by Crippen LogP contribution is -2.28. The number of carbonyl (C=O) groups excluding carboxylic acids is 1. The molecule has 0 spiro atoms. The van der Waals surface area contributed by atoms with Crippen molar-refractivity contribution >= 4 is 28.1 Å². The number of rotatable bonds is 3. The predicted molar refractivity (Wildman–Crippen MR) is 89.7 cm³/mol. The maximum absolute atomic E-state index is 13.6. The normalized spacial score (nSPS) is 11.2. The van der Waals surface area contributed by atoms with Crippen molar-refractivity contribution in [2.75, 3.05) is 5.32 Å². The van der Waals surface area contributed by atoms with Crippen molar-refractivity contribution in [2.45, 2.75) is 6.54 Å². The van der Waals surface area contributed by atoms with Crippen LogP contribution in [0.15, 0.2) is 53.6 Å². The van der Waals surface area contributed by atoms with E-state index in [1.54, 1.807) is 6.07 Å². The lowest BCUT2D eigenvalue weighted by molar-refractivity contribution is -0.117. The Hall–Kier alpha value is -3.62. The zero-order chi connectivity index (χ0) is 18.3. The highest BCUT2D eigenvalue weighted by Gasteiger charge is 2.15. The quantitative estimate of drug-likeness (QED) is 0.609. The van der Waals surface area contributed by atoms with Crippen molar-refractivity contribution in [3.8, 4) is 0 Å². The van der Waals surface area contributed by atoms with E-state index in [1.165, 1.54) is 42.7 Å². The Bertz CT molecular complexity index is 1210. The van der Waals surface area contributed by atoms with E-state index in [-0.39, 0.29) is 11.3 Å². The zero-order valence-corrected chi connectivity index (χ0v) is 13.2. The Morgan fingerprint density at radius 1 is 1.15 bits per heavy atom. The second kappa shape index (κ2) is 6.03. The standard InChI is InChI=1S/C17H11F2N5O2/c18-10-5-6-13-11(7-10)16-22-24(17(26)23(16)9-20-13)8-15(25)21-14-4-2-1-3-12(14)19/h1-7,9H,8H2,(H,21,25). The third kappa shape index (κ3) is 2.69. The van der Waals surface area contributed by atoms with Crippen LogP contribution >= 0.6 is 0 Å². The van der Waals surface area contributed by atoms with Crippen LogP contribution in [-0.4, -0.2) is 25.1 Å². The number of aromatic nitrogens is 4. The number of halogens is 2. The molecule has 0 unspecified atom stereocenters. The van der Waals surface area contributed by atoms with Gasteiger partial charge in [0.25, 0.3) is 0 Å². The summed E-state index contributed by atoms with van der Waals surface area (Å²) in [5.74, 6) is -1.70. The molecule has 130 valence electrons. The van der Waals surface area contributed by atoms with Crippen molar-refractivity contribution in [2.24, 2.45) is 0 Å². The van der Waals surface area contributed by atoms with Gasteiger partial charge >= 0.3 is 5.69 Å². The van der Waals surface area contributed by atoms with E-state index in [0.717, 1.165) is 9.08 Å². The molecule has 0 saturated carbocycles. The molecule has 2 aromatic carbocycles. The van der Waals surface area contributed by atoms with Gasteiger partial charge in [0.05, 0.1) is 11.2 Å². The maximum Gasteiger partial charge on any atom is 0.352 e. The number of amides is 1.